The van der Waals surface area contributed by atoms with Crippen molar-refractivity contribution in [3.63, 3.8) is 0 Å². The SMILES string of the molecule is CCOC(=O)C(F)S(=O)(=O)c1ncccn1. The first-order valence-corrected chi connectivity index (χ1v) is 5.86. The van der Waals surface area contributed by atoms with Gasteiger partial charge in [0.25, 0.3) is 15.0 Å². The van der Waals surface area contributed by atoms with Gasteiger partial charge in [0.15, 0.2) is 0 Å². The van der Waals surface area contributed by atoms with Crippen molar-refractivity contribution in [2.24, 2.45) is 0 Å². The van der Waals surface area contributed by atoms with Crippen LogP contribution in [0.3, 0.4) is 0 Å². The highest BCUT2D eigenvalue weighted by atomic mass is 32.2. The number of halogens is 1. The van der Waals surface area contributed by atoms with Crippen LogP contribution in [0.5, 0.6) is 0 Å². The summed E-state index contributed by atoms with van der Waals surface area (Å²) in [6.07, 6.45) is 2.27. The fourth-order valence-electron chi connectivity index (χ4n) is 0.859. The molecule has 0 aromatic carbocycles. The Kier molecular flexibility index (Phi) is 3.88. The molecule has 0 aliphatic carbocycles. The predicted octanol–water partition coefficient (Wildman–Crippen LogP) is 0.109. The van der Waals surface area contributed by atoms with Crippen LogP contribution >= 0.6 is 0 Å². The molecule has 1 aromatic heterocycles. The van der Waals surface area contributed by atoms with Crippen LogP contribution < -0.4 is 0 Å². The highest BCUT2D eigenvalue weighted by molar-refractivity contribution is 7.92. The molecule has 0 fully saturated rings. The number of aromatic nitrogens is 2. The molecule has 0 aliphatic heterocycles. The number of rotatable bonds is 4. The lowest BCUT2D eigenvalue weighted by Crippen LogP contribution is -2.29. The highest BCUT2D eigenvalue weighted by Gasteiger charge is 2.37. The Labute approximate surface area is 91.4 Å². The molecule has 1 atom stereocenters. The molecule has 0 radical (unpaired) electrons. The maximum atomic E-state index is 13.3. The Morgan fingerprint density at radius 3 is 2.56 bits per heavy atom. The van der Waals surface area contributed by atoms with Crippen LogP contribution in [0.2, 0.25) is 0 Å². The summed E-state index contributed by atoms with van der Waals surface area (Å²) in [4.78, 5) is 17.7. The summed E-state index contributed by atoms with van der Waals surface area (Å²) >= 11 is 0. The number of sulfone groups is 1. The smallest absolute Gasteiger partial charge is 0.357 e. The molecule has 0 spiro atoms. The van der Waals surface area contributed by atoms with E-state index in [2.05, 4.69) is 14.7 Å². The molecule has 1 rings (SSSR count). The van der Waals surface area contributed by atoms with Gasteiger partial charge in [-0.2, -0.15) is 0 Å². The molecular formula is C8H9FN2O4S. The van der Waals surface area contributed by atoms with Gasteiger partial charge in [0, 0.05) is 12.4 Å². The maximum absolute atomic E-state index is 13.3. The molecule has 0 aliphatic rings. The monoisotopic (exact) mass is 248 g/mol. The molecular weight excluding hydrogens is 239 g/mol. The molecule has 0 bridgehead atoms. The van der Waals surface area contributed by atoms with E-state index >= 15 is 0 Å². The fourth-order valence-corrected chi connectivity index (χ4v) is 1.78. The first-order chi connectivity index (χ1) is 7.50. The Bertz CT molecular complexity index is 462. The summed E-state index contributed by atoms with van der Waals surface area (Å²) in [7, 11) is -4.52. The average molecular weight is 248 g/mol. The normalized spacial score (nSPS) is 13.1. The third-order valence-electron chi connectivity index (χ3n) is 1.54. The van der Waals surface area contributed by atoms with E-state index in [0.717, 1.165) is 12.4 Å². The third kappa shape index (κ3) is 2.51. The summed E-state index contributed by atoms with van der Waals surface area (Å²) < 4.78 is 40.5. The number of hydrogen-bond donors (Lipinski definition) is 0. The largest absolute Gasteiger partial charge is 0.463 e. The van der Waals surface area contributed by atoms with E-state index < -0.39 is 26.5 Å². The molecule has 0 amide bonds. The van der Waals surface area contributed by atoms with Crippen LogP contribution in [0, 0.1) is 0 Å². The topological polar surface area (TPSA) is 86.2 Å². The molecule has 88 valence electrons. The second kappa shape index (κ2) is 4.97. The Balaban J connectivity index is 2.99. The van der Waals surface area contributed by atoms with Gasteiger partial charge in [-0.05, 0) is 13.0 Å². The number of hydrogen-bond acceptors (Lipinski definition) is 6. The van der Waals surface area contributed by atoms with Gasteiger partial charge in [-0.15, -0.1) is 0 Å². The number of alkyl halides is 1. The van der Waals surface area contributed by atoms with Crippen LogP contribution in [-0.2, 0) is 19.4 Å². The van der Waals surface area contributed by atoms with E-state index in [4.69, 9.17) is 0 Å². The Morgan fingerprint density at radius 2 is 2.06 bits per heavy atom. The number of esters is 1. The minimum absolute atomic E-state index is 0.107. The predicted molar refractivity (Wildman–Crippen MR) is 50.7 cm³/mol. The molecule has 0 saturated heterocycles. The zero-order valence-corrected chi connectivity index (χ0v) is 9.15. The van der Waals surface area contributed by atoms with Crippen LogP contribution in [-0.4, -0.2) is 36.5 Å². The molecule has 0 N–H and O–H groups in total. The van der Waals surface area contributed by atoms with Crippen molar-refractivity contribution >= 4 is 15.8 Å². The molecule has 1 aromatic rings. The van der Waals surface area contributed by atoms with Crippen molar-refractivity contribution in [2.75, 3.05) is 6.61 Å². The van der Waals surface area contributed by atoms with Gasteiger partial charge < -0.3 is 4.74 Å². The van der Waals surface area contributed by atoms with Crippen molar-refractivity contribution in [3.8, 4) is 0 Å². The standard InChI is InChI=1S/C8H9FN2O4S/c1-2-15-7(12)6(9)16(13,14)8-10-4-3-5-11-8/h3-6H,2H2,1H3. The van der Waals surface area contributed by atoms with Gasteiger partial charge in [0.05, 0.1) is 6.61 Å². The first kappa shape index (κ1) is 12.5. The van der Waals surface area contributed by atoms with Crippen LogP contribution in [0.1, 0.15) is 6.92 Å². The lowest BCUT2D eigenvalue weighted by atomic mass is 10.7. The molecule has 0 saturated carbocycles. The average Bonchev–Trinajstić information content (AvgIpc) is 2.29. The molecule has 16 heavy (non-hydrogen) atoms. The third-order valence-corrected chi connectivity index (χ3v) is 3.00. The minimum atomic E-state index is -4.52. The zero-order chi connectivity index (χ0) is 12.2. The molecule has 8 heteroatoms. The quantitative estimate of drug-likeness (QED) is 0.555. The second-order valence-corrected chi connectivity index (χ2v) is 4.51. The van der Waals surface area contributed by atoms with E-state index in [1.807, 2.05) is 0 Å². The van der Waals surface area contributed by atoms with Crippen LogP contribution in [0.25, 0.3) is 0 Å². The molecule has 6 nitrogen and oxygen atoms in total. The van der Waals surface area contributed by atoms with E-state index in [0.29, 0.717) is 0 Å². The lowest BCUT2D eigenvalue weighted by Gasteiger charge is -2.07. The van der Waals surface area contributed by atoms with Crippen molar-refractivity contribution in [2.45, 2.75) is 17.6 Å². The van der Waals surface area contributed by atoms with Gasteiger partial charge in [-0.1, -0.05) is 0 Å². The van der Waals surface area contributed by atoms with E-state index in [1.165, 1.54) is 13.0 Å². The number of nitrogens with zero attached hydrogens (tertiary/aromatic N) is 2. The van der Waals surface area contributed by atoms with Gasteiger partial charge in [0.1, 0.15) is 0 Å². The van der Waals surface area contributed by atoms with E-state index in [9.17, 15) is 17.6 Å². The van der Waals surface area contributed by atoms with Crippen molar-refractivity contribution < 1.29 is 22.3 Å². The lowest BCUT2D eigenvalue weighted by molar-refractivity contribution is -0.145. The minimum Gasteiger partial charge on any atom is -0.463 e. The van der Waals surface area contributed by atoms with Gasteiger partial charge in [-0.25, -0.2) is 27.6 Å². The zero-order valence-electron chi connectivity index (χ0n) is 8.33. The summed E-state index contributed by atoms with van der Waals surface area (Å²) in [5.74, 6) is -1.46. The van der Waals surface area contributed by atoms with Gasteiger partial charge >= 0.3 is 11.5 Å². The number of ether oxygens (including phenoxy) is 1. The number of carbonyl (C=O) groups is 1. The summed E-state index contributed by atoms with van der Waals surface area (Å²) in [6.45, 7) is 1.33. The molecule has 1 unspecified atom stereocenters. The summed E-state index contributed by atoms with van der Waals surface area (Å²) in [5, 5.41) is -0.740. The van der Waals surface area contributed by atoms with Gasteiger partial charge in [-0.3, -0.25) is 0 Å². The fraction of sp³-hybridized carbons (Fsp3) is 0.375. The maximum Gasteiger partial charge on any atom is 0.357 e. The van der Waals surface area contributed by atoms with Crippen LogP contribution in [0.15, 0.2) is 23.6 Å². The highest BCUT2D eigenvalue weighted by Crippen LogP contribution is 2.13. The molecule has 1 heterocycles. The van der Waals surface area contributed by atoms with Crippen molar-refractivity contribution in [1.82, 2.24) is 9.97 Å². The van der Waals surface area contributed by atoms with Crippen LogP contribution in [0.4, 0.5) is 4.39 Å². The summed E-state index contributed by atoms with van der Waals surface area (Å²) in [5.41, 5.74) is -2.80. The first-order valence-electron chi connectivity index (χ1n) is 4.31. The number of carbonyl (C=O) groups excluding carboxylic acids is 1. The van der Waals surface area contributed by atoms with E-state index in [1.54, 1.807) is 0 Å². The van der Waals surface area contributed by atoms with Crippen molar-refractivity contribution in [3.05, 3.63) is 18.5 Å². The Morgan fingerprint density at radius 1 is 1.50 bits per heavy atom. The van der Waals surface area contributed by atoms with Crippen molar-refractivity contribution in [1.29, 1.82) is 0 Å². The summed E-state index contributed by atoms with van der Waals surface area (Å²) in [6, 6.07) is 1.37. The second-order valence-electron chi connectivity index (χ2n) is 2.64. The van der Waals surface area contributed by atoms with E-state index in [-0.39, 0.29) is 6.61 Å². The van der Waals surface area contributed by atoms with Gasteiger partial charge in [0.2, 0.25) is 0 Å². The Hall–Kier alpha value is -1.57.